The van der Waals surface area contributed by atoms with Gasteiger partial charge in [-0.25, -0.2) is 0 Å². The van der Waals surface area contributed by atoms with Gasteiger partial charge in [0.15, 0.2) is 5.79 Å². The molecule has 1 saturated heterocycles. The van der Waals surface area contributed by atoms with Gasteiger partial charge < -0.3 is 19.7 Å². The largest absolute Gasteiger partial charge is 0.390 e. The molecule has 1 aliphatic carbocycles. The van der Waals surface area contributed by atoms with Crippen LogP contribution in [0.15, 0.2) is 0 Å². The van der Waals surface area contributed by atoms with Crippen LogP contribution in [-0.2, 0) is 9.47 Å². The summed E-state index contributed by atoms with van der Waals surface area (Å²) in [6.07, 6.45) is -0.555. The number of rotatable bonds is 0. The first-order valence-corrected chi connectivity index (χ1v) is 4.71. The second-order valence-electron chi connectivity index (χ2n) is 4.27. The third kappa shape index (κ3) is 1.59. The molecule has 1 heterocycles. The molecule has 0 aromatic heterocycles. The summed E-state index contributed by atoms with van der Waals surface area (Å²) in [4.78, 5) is 0. The summed E-state index contributed by atoms with van der Waals surface area (Å²) in [7, 11) is 0. The first-order chi connectivity index (χ1) is 5.99. The molecule has 4 atom stereocenters. The van der Waals surface area contributed by atoms with Crippen molar-refractivity contribution in [2.24, 2.45) is 0 Å². The highest BCUT2D eigenvalue weighted by molar-refractivity contribution is 4.94. The maximum Gasteiger partial charge on any atom is 0.163 e. The summed E-state index contributed by atoms with van der Waals surface area (Å²) in [6.45, 7) is 3.65. The molecule has 76 valence electrons. The van der Waals surface area contributed by atoms with Crippen LogP contribution < -0.4 is 0 Å². The predicted octanol–water partition coefficient (Wildman–Crippen LogP) is 0.0221. The van der Waals surface area contributed by atoms with Crippen LogP contribution in [0.1, 0.15) is 26.7 Å². The van der Waals surface area contributed by atoms with Crippen LogP contribution in [0, 0.1) is 0 Å². The molecule has 0 amide bonds. The van der Waals surface area contributed by atoms with Crippen molar-refractivity contribution in [1.82, 2.24) is 0 Å². The second-order valence-corrected chi connectivity index (χ2v) is 4.27. The molecule has 2 N–H and O–H groups in total. The van der Waals surface area contributed by atoms with E-state index in [0.29, 0.717) is 6.42 Å². The number of hydrogen-bond acceptors (Lipinski definition) is 4. The summed E-state index contributed by atoms with van der Waals surface area (Å²) >= 11 is 0. The molecule has 1 saturated carbocycles. The Hall–Kier alpha value is -0.160. The van der Waals surface area contributed by atoms with Crippen LogP contribution in [0.3, 0.4) is 0 Å². The number of aliphatic hydroxyl groups excluding tert-OH is 2. The quantitative estimate of drug-likeness (QED) is 0.562. The van der Waals surface area contributed by atoms with Gasteiger partial charge in [-0.05, 0) is 26.7 Å². The average Bonchev–Trinajstić information content (AvgIpc) is 2.34. The van der Waals surface area contributed by atoms with Crippen molar-refractivity contribution < 1.29 is 19.7 Å². The van der Waals surface area contributed by atoms with Crippen molar-refractivity contribution in [2.45, 2.75) is 56.9 Å². The third-order valence-electron chi connectivity index (χ3n) is 2.70. The summed E-state index contributed by atoms with van der Waals surface area (Å²) in [5.41, 5.74) is 0. The first kappa shape index (κ1) is 9.40. The maximum atomic E-state index is 9.63. The zero-order chi connectivity index (χ0) is 9.64. The van der Waals surface area contributed by atoms with Crippen LogP contribution in [0.4, 0.5) is 0 Å². The molecule has 0 bridgehead atoms. The maximum absolute atomic E-state index is 9.63. The molecule has 0 spiro atoms. The highest BCUT2D eigenvalue weighted by Gasteiger charge is 2.49. The van der Waals surface area contributed by atoms with Gasteiger partial charge in [-0.15, -0.1) is 0 Å². The predicted molar refractivity (Wildman–Crippen MR) is 45.1 cm³/mol. The number of fused-ring (bicyclic) bond motifs is 1. The van der Waals surface area contributed by atoms with E-state index < -0.39 is 18.0 Å². The average molecular weight is 188 g/mol. The van der Waals surface area contributed by atoms with E-state index in [4.69, 9.17) is 9.47 Å². The number of hydrogen-bond donors (Lipinski definition) is 2. The van der Waals surface area contributed by atoms with E-state index in [9.17, 15) is 10.2 Å². The molecule has 13 heavy (non-hydrogen) atoms. The lowest BCUT2D eigenvalue weighted by atomic mass is 9.90. The van der Waals surface area contributed by atoms with Crippen molar-refractivity contribution in [1.29, 1.82) is 0 Å². The monoisotopic (exact) mass is 188 g/mol. The summed E-state index contributed by atoms with van der Waals surface area (Å²) in [5, 5.41) is 19.0. The molecule has 2 rings (SSSR count). The van der Waals surface area contributed by atoms with Gasteiger partial charge in [0.1, 0.15) is 12.2 Å². The normalized spacial score (nSPS) is 48.9. The topological polar surface area (TPSA) is 58.9 Å². The summed E-state index contributed by atoms with van der Waals surface area (Å²) < 4.78 is 11.1. The Balaban J connectivity index is 2.11. The molecule has 0 aromatic rings. The smallest absolute Gasteiger partial charge is 0.163 e. The van der Waals surface area contributed by atoms with Gasteiger partial charge in [-0.2, -0.15) is 0 Å². The first-order valence-electron chi connectivity index (χ1n) is 4.71. The molecule has 0 unspecified atom stereocenters. The molecule has 4 nitrogen and oxygen atoms in total. The zero-order valence-electron chi connectivity index (χ0n) is 7.93. The van der Waals surface area contributed by atoms with Gasteiger partial charge >= 0.3 is 0 Å². The van der Waals surface area contributed by atoms with Gasteiger partial charge in [-0.3, -0.25) is 0 Å². The van der Waals surface area contributed by atoms with Crippen LogP contribution >= 0.6 is 0 Å². The lowest BCUT2D eigenvalue weighted by Gasteiger charge is -2.31. The SMILES string of the molecule is CC1(C)O[C@@H]2[C@@H](O)[C@H](O)CC[C@@H]2O1. The zero-order valence-corrected chi connectivity index (χ0v) is 7.93. The molecule has 2 aliphatic rings. The highest BCUT2D eigenvalue weighted by atomic mass is 16.8. The fourth-order valence-corrected chi connectivity index (χ4v) is 2.10. The van der Waals surface area contributed by atoms with Crippen LogP contribution in [0.2, 0.25) is 0 Å². The Bertz CT molecular complexity index is 204. The van der Waals surface area contributed by atoms with Crippen molar-refractivity contribution in [3.05, 3.63) is 0 Å². The fraction of sp³-hybridized carbons (Fsp3) is 1.00. The lowest BCUT2D eigenvalue weighted by molar-refractivity contribution is -0.159. The van der Waals surface area contributed by atoms with Crippen molar-refractivity contribution >= 4 is 0 Å². The lowest BCUT2D eigenvalue weighted by Crippen LogP contribution is -2.47. The van der Waals surface area contributed by atoms with Crippen molar-refractivity contribution in [2.75, 3.05) is 0 Å². The van der Waals surface area contributed by atoms with Crippen LogP contribution in [0.25, 0.3) is 0 Å². The molecular weight excluding hydrogens is 172 g/mol. The minimum atomic E-state index is -0.805. The van der Waals surface area contributed by atoms with Gasteiger partial charge in [-0.1, -0.05) is 0 Å². The highest BCUT2D eigenvalue weighted by Crippen LogP contribution is 2.36. The Labute approximate surface area is 77.5 Å². The van der Waals surface area contributed by atoms with Crippen LogP contribution in [0.5, 0.6) is 0 Å². The molecule has 4 heteroatoms. The van der Waals surface area contributed by atoms with E-state index in [1.807, 2.05) is 13.8 Å². The van der Waals surface area contributed by atoms with Crippen molar-refractivity contribution in [3.8, 4) is 0 Å². The Morgan fingerprint density at radius 2 is 1.85 bits per heavy atom. The Morgan fingerprint density at radius 1 is 1.15 bits per heavy atom. The van der Waals surface area contributed by atoms with E-state index >= 15 is 0 Å². The number of aliphatic hydroxyl groups is 2. The van der Waals surface area contributed by atoms with Gasteiger partial charge in [0, 0.05) is 0 Å². The van der Waals surface area contributed by atoms with Crippen molar-refractivity contribution in [3.63, 3.8) is 0 Å². The molecule has 0 radical (unpaired) electrons. The number of ether oxygens (including phenoxy) is 2. The van der Waals surface area contributed by atoms with E-state index in [1.54, 1.807) is 0 Å². The summed E-state index contributed by atoms with van der Waals surface area (Å²) in [6, 6.07) is 0. The standard InChI is InChI=1S/C9H16O4/c1-9(2)12-6-4-3-5(10)7(11)8(6)13-9/h5-8,10-11H,3-4H2,1-2H3/t5-,6+,7+,8+/m1/s1. The van der Waals surface area contributed by atoms with E-state index in [-0.39, 0.29) is 12.2 Å². The Morgan fingerprint density at radius 3 is 2.54 bits per heavy atom. The summed E-state index contributed by atoms with van der Waals surface area (Å²) in [5.74, 6) is -0.625. The Kier molecular flexibility index (Phi) is 2.11. The van der Waals surface area contributed by atoms with Gasteiger partial charge in [0.05, 0.1) is 12.2 Å². The van der Waals surface area contributed by atoms with Gasteiger partial charge in [0.2, 0.25) is 0 Å². The van der Waals surface area contributed by atoms with Crippen LogP contribution in [-0.4, -0.2) is 40.4 Å². The molecule has 2 fully saturated rings. The second kappa shape index (κ2) is 2.92. The minimum Gasteiger partial charge on any atom is -0.390 e. The fourth-order valence-electron chi connectivity index (χ4n) is 2.10. The van der Waals surface area contributed by atoms with E-state index in [2.05, 4.69) is 0 Å². The molecule has 0 aromatic carbocycles. The third-order valence-corrected chi connectivity index (χ3v) is 2.70. The minimum absolute atomic E-state index is 0.0617. The molecule has 1 aliphatic heterocycles. The van der Waals surface area contributed by atoms with Gasteiger partial charge in [0.25, 0.3) is 0 Å². The molecular formula is C9H16O4. The van der Waals surface area contributed by atoms with E-state index in [1.165, 1.54) is 0 Å². The van der Waals surface area contributed by atoms with E-state index in [0.717, 1.165) is 6.42 Å².